The summed E-state index contributed by atoms with van der Waals surface area (Å²) in [4.78, 5) is 6.63. The third-order valence-corrected chi connectivity index (χ3v) is 6.99. The molecule has 7 heteroatoms. The van der Waals surface area contributed by atoms with Crippen molar-refractivity contribution in [1.29, 1.82) is 0 Å². The molecule has 0 saturated carbocycles. The van der Waals surface area contributed by atoms with Gasteiger partial charge in [0.15, 0.2) is 5.11 Å². The SMILES string of the molecule is Cc1ccc(Cl)cc1-n1c(C)cc([C@H]2[C@@H](c3ccccn3)NC(=S)N2c2ccccc2O)c1C. The number of anilines is 1. The van der Waals surface area contributed by atoms with Gasteiger partial charge < -0.3 is 19.9 Å². The average molecular weight is 489 g/mol. The van der Waals surface area contributed by atoms with Gasteiger partial charge in [0.05, 0.1) is 23.5 Å². The topological polar surface area (TPSA) is 53.3 Å². The summed E-state index contributed by atoms with van der Waals surface area (Å²) in [7, 11) is 0. The Hall–Kier alpha value is -3.35. The van der Waals surface area contributed by atoms with E-state index >= 15 is 0 Å². The zero-order valence-electron chi connectivity index (χ0n) is 19.2. The van der Waals surface area contributed by atoms with E-state index in [9.17, 15) is 5.11 Å². The predicted octanol–water partition coefficient (Wildman–Crippen LogP) is 6.33. The molecule has 5 nitrogen and oxygen atoms in total. The van der Waals surface area contributed by atoms with Gasteiger partial charge in [-0.2, -0.15) is 0 Å². The molecule has 0 amide bonds. The normalized spacial score (nSPS) is 17.8. The molecule has 34 heavy (non-hydrogen) atoms. The molecule has 2 atom stereocenters. The van der Waals surface area contributed by atoms with Crippen LogP contribution in [0.15, 0.2) is 72.9 Å². The van der Waals surface area contributed by atoms with Gasteiger partial charge in [-0.25, -0.2) is 0 Å². The molecule has 3 heterocycles. The summed E-state index contributed by atoms with van der Waals surface area (Å²) in [6.07, 6.45) is 1.79. The minimum atomic E-state index is -0.213. The van der Waals surface area contributed by atoms with Crippen LogP contribution in [0, 0.1) is 20.8 Å². The molecular weight excluding hydrogens is 464 g/mol. The number of hydrogen-bond donors (Lipinski definition) is 2. The molecule has 0 aliphatic carbocycles. The summed E-state index contributed by atoms with van der Waals surface area (Å²) in [6, 6.07) is 20.9. The number of halogens is 1. The molecule has 0 radical (unpaired) electrons. The number of aromatic hydroxyl groups is 1. The van der Waals surface area contributed by atoms with Gasteiger partial charge in [-0.05, 0) is 86.6 Å². The Morgan fingerprint density at radius 2 is 1.74 bits per heavy atom. The first kappa shape index (κ1) is 22.4. The predicted molar refractivity (Wildman–Crippen MR) is 141 cm³/mol. The Balaban J connectivity index is 1.72. The number of nitrogens with one attached hydrogen (secondary N) is 1. The molecule has 0 bridgehead atoms. The fourth-order valence-electron chi connectivity index (χ4n) is 4.88. The zero-order valence-corrected chi connectivity index (χ0v) is 20.7. The van der Waals surface area contributed by atoms with E-state index in [-0.39, 0.29) is 17.8 Å². The van der Waals surface area contributed by atoms with Gasteiger partial charge >= 0.3 is 0 Å². The minimum absolute atomic E-state index is 0.179. The Kier molecular flexibility index (Phi) is 5.80. The van der Waals surface area contributed by atoms with Crippen LogP contribution in [0.2, 0.25) is 5.02 Å². The van der Waals surface area contributed by atoms with Crippen LogP contribution < -0.4 is 10.2 Å². The lowest BCUT2D eigenvalue weighted by Crippen LogP contribution is -2.29. The summed E-state index contributed by atoms with van der Waals surface area (Å²) < 4.78 is 2.23. The molecule has 2 N–H and O–H groups in total. The second kappa shape index (κ2) is 8.78. The standard InChI is InChI=1S/C27H25ClN4OS/c1-16-11-12-19(28)15-23(16)31-17(2)14-20(18(31)3)26-25(21-8-6-7-13-29-21)30-27(34)32(26)22-9-4-5-10-24(22)33/h4-15,25-26,33H,1-3H3,(H,30,34)/t25-,26+/m1/s1. The van der Waals surface area contributed by atoms with Crippen molar-refractivity contribution >= 4 is 34.6 Å². The van der Waals surface area contributed by atoms with Crippen LogP contribution in [0.4, 0.5) is 5.69 Å². The number of rotatable bonds is 4. The van der Waals surface area contributed by atoms with E-state index in [2.05, 4.69) is 41.7 Å². The highest BCUT2D eigenvalue weighted by Crippen LogP contribution is 2.46. The molecule has 4 aromatic rings. The van der Waals surface area contributed by atoms with Crippen molar-refractivity contribution in [3.8, 4) is 11.4 Å². The van der Waals surface area contributed by atoms with Crippen LogP contribution in [0.1, 0.15) is 40.3 Å². The molecule has 1 saturated heterocycles. The lowest BCUT2D eigenvalue weighted by atomic mass is 9.96. The number of nitrogens with zero attached hydrogens (tertiary/aromatic N) is 3. The lowest BCUT2D eigenvalue weighted by Gasteiger charge is -2.28. The van der Waals surface area contributed by atoms with Gasteiger partial charge in [-0.3, -0.25) is 4.98 Å². The van der Waals surface area contributed by atoms with Gasteiger partial charge in [-0.1, -0.05) is 35.9 Å². The van der Waals surface area contributed by atoms with Crippen molar-refractivity contribution in [3.63, 3.8) is 0 Å². The van der Waals surface area contributed by atoms with E-state index in [4.69, 9.17) is 23.8 Å². The number of hydrogen-bond acceptors (Lipinski definition) is 3. The van der Waals surface area contributed by atoms with Gasteiger partial charge in [0.1, 0.15) is 5.75 Å². The van der Waals surface area contributed by atoms with Crippen LogP contribution in [-0.2, 0) is 0 Å². The third-order valence-electron chi connectivity index (χ3n) is 6.44. The maximum atomic E-state index is 10.7. The third kappa shape index (κ3) is 3.73. The van der Waals surface area contributed by atoms with E-state index in [0.29, 0.717) is 15.8 Å². The first-order chi connectivity index (χ1) is 16.4. The van der Waals surface area contributed by atoms with Crippen LogP contribution in [0.25, 0.3) is 5.69 Å². The highest BCUT2D eigenvalue weighted by Gasteiger charge is 2.43. The summed E-state index contributed by atoms with van der Waals surface area (Å²) in [5.41, 5.74) is 7.00. The molecule has 5 rings (SSSR count). The first-order valence-electron chi connectivity index (χ1n) is 11.1. The molecule has 172 valence electrons. The van der Waals surface area contributed by atoms with E-state index in [1.165, 1.54) is 0 Å². The number of phenols is 1. The van der Waals surface area contributed by atoms with Crippen molar-refractivity contribution in [2.24, 2.45) is 0 Å². The van der Waals surface area contributed by atoms with Crippen molar-refractivity contribution in [3.05, 3.63) is 106 Å². The van der Waals surface area contributed by atoms with E-state index < -0.39 is 0 Å². The van der Waals surface area contributed by atoms with Gasteiger partial charge in [0.25, 0.3) is 0 Å². The number of pyridine rings is 1. The smallest absolute Gasteiger partial charge is 0.174 e. The monoisotopic (exact) mass is 488 g/mol. The quantitative estimate of drug-likeness (QED) is 0.328. The van der Waals surface area contributed by atoms with E-state index in [1.54, 1.807) is 12.3 Å². The van der Waals surface area contributed by atoms with Crippen molar-refractivity contribution in [1.82, 2.24) is 14.9 Å². The first-order valence-corrected chi connectivity index (χ1v) is 11.9. The number of thiocarbonyl (C=S) groups is 1. The van der Waals surface area contributed by atoms with Crippen molar-refractivity contribution < 1.29 is 5.11 Å². The summed E-state index contributed by atoms with van der Waals surface area (Å²) in [5, 5.41) is 15.4. The summed E-state index contributed by atoms with van der Waals surface area (Å²) in [5.74, 6) is 0.179. The number of phenolic OH excluding ortho intramolecular Hbond substituents is 1. The fraction of sp³-hybridized carbons (Fsp3) is 0.185. The van der Waals surface area contributed by atoms with Crippen LogP contribution in [-0.4, -0.2) is 19.8 Å². The second-order valence-electron chi connectivity index (χ2n) is 8.58. The molecule has 1 aliphatic heterocycles. The van der Waals surface area contributed by atoms with Gasteiger partial charge in [-0.15, -0.1) is 0 Å². The lowest BCUT2D eigenvalue weighted by molar-refractivity contribution is 0.472. The summed E-state index contributed by atoms with van der Waals surface area (Å²) in [6.45, 7) is 6.29. The number of aromatic nitrogens is 2. The Morgan fingerprint density at radius 3 is 2.47 bits per heavy atom. The Bertz CT molecular complexity index is 1380. The Labute approximate surface area is 209 Å². The molecule has 2 aromatic heterocycles. The van der Waals surface area contributed by atoms with Crippen LogP contribution >= 0.6 is 23.8 Å². The molecular formula is C27H25ClN4OS. The van der Waals surface area contributed by atoms with Crippen molar-refractivity contribution in [2.75, 3.05) is 4.90 Å². The molecule has 1 aliphatic rings. The maximum absolute atomic E-state index is 10.7. The maximum Gasteiger partial charge on any atom is 0.174 e. The van der Waals surface area contributed by atoms with Gasteiger partial charge in [0.2, 0.25) is 0 Å². The molecule has 0 spiro atoms. The highest BCUT2D eigenvalue weighted by atomic mass is 35.5. The zero-order chi connectivity index (χ0) is 24.0. The number of para-hydroxylation sites is 2. The number of benzene rings is 2. The van der Waals surface area contributed by atoms with E-state index in [0.717, 1.165) is 33.9 Å². The fourth-order valence-corrected chi connectivity index (χ4v) is 5.38. The second-order valence-corrected chi connectivity index (χ2v) is 9.40. The molecule has 0 unspecified atom stereocenters. The molecule has 2 aromatic carbocycles. The highest BCUT2D eigenvalue weighted by molar-refractivity contribution is 7.80. The average Bonchev–Trinajstić information content (AvgIpc) is 3.31. The summed E-state index contributed by atoms with van der Waals surface area (Å²) >= 11 is 12.2. The van der Waals surface area contributed by atoms with Crippen LogP contribution in [0.3, 0.4) is 0 Å². The molecule has 1 fully saturated rings. The van der Waals surface area contributed by atoms with Crippen LogP contribution in [0.5, 0.6) is 5.75 Å². The largest absolute Gasteiger partial charge is 0.506 e. The van der Waals surface area contributed by atoms with Crippen molar-refractivity contribution in [2.45, 2.75) is 32.9 Å². The number of aryl methyl sites for hydroxylation is 2. The van der Waals surface area contributed by atoms with E-state index in [1.807, 2.05) is 59.5 Å². The minimum Gasteiger partial charge on any atom is -0.506 e. The Morgan fingerprint density at radius 1 is 0.971 bits per heavy atom. The van der Waals surface area contributed by atoms with Gasteiger partial charge in [0, 0.05) is 28.3 Å².